The fourth-order valence-corrected chi connectivity index (χ4v) is 2.39. The van der Waals surface area contributed by atoms with E-state index in [9.17, 15) is 0 Å². The Labute approximate surface area is 131 Å². The van der Waals surface area contributed by atoms with Crippen LogP contribution in [0.4, 0.5) is 5.82 Å². The van der Waals surface area contributed by atoms with Crippen LogP contribution < -0.4 is 5.73 Å². The lowest BCUT2D eigenvalue weighted by molar-refractivity contribution is 0.417. The van der Waals surface area contributed by atoms with Gasteiger partial charge in [-0.2, -0.15) is 0 Å². The quantitative estimate of drug-likeness (QED) is 0.732. The number of nitrogens with zero attached hydrogens (tertiary/aromatic N) is 1. The van der Waals surface area contributed by atoms with Crippen molar-refractivity contribution in [1.82, 2.24) is 5.16 Å². The van der Waals surface area contributed by atoms with Gasteiger partial charge in [0.25, 0.3) is 0 Å². The molecule has 0 saturated heterocycles. The maximum absolute atomic E-state index is 6.06. The molecule has 108 valence electrons. The van der Waals surface area contributed by atoms with Crippen LogP contribution in [0, 0.1) is 0 Å². The number of hydrogen-bond acceptors (Lipinski definition) is 4. The number of furan rings is 1. The van der Waals surface area contributed by atoms with E-state index >= 15 is 0 Å². The molecule has 4 nitrogen and oxygen atoms in total. The van der Waals surface area contributed by atoms with Crippen molar-refractivity contribution in [2.24, 2.45) is 0 Å². The third kappa shape index (κ3) is 2.52. The summed E-state index contributed by atoms with van der Waals surface area (Å²) >= 11 is 12.0. The van der Waals surface area contributed by atoms with Crippen LogP contribution in [0.15, 0.2) is 39.3 Å². The summed E-state index contributed by atoms with van der Waals surface area (Å²) in [6.45, 7) is 2.01. The van der Waals surface area contributed by atoms with Gasteiger partial charge in [0.1, 0.15) is 5.76 Å². The molecule has 0 bridgehead atoms. The van der Waals surface area contributed by atoms with E-state index in [0.29, 0.717) is 27.1 Å². The number of aryl methyl sites for hydroxylation is 1. The molecule has 0 radical (unpaired) electrons. The first-order chi connectivity index (χ1) is 10.1. The predicted molar refractivity (Wildman–Crippen MR) is 83.5 cm³/mol. The smallest absolute Gasteiger partial charge is 0.212 e. The van der Waals surface area contributed by atoms with Gasteiger partial charge in [-0.1, -0.05) is 41.3 Å². The van der Waals surface area contributed by atoms with Crippen molar-refractivity contribution in [2.45, 2.75) is 13.3 Å². The molecule has 0 aliphatic carbocycles. The highest BCUT2D eigenvalue weighted by Gasteiger charge is 2.21. The van der Waals surface area contributed by atoms with Crippen molar-refractivity contribution in [3.8, 4) is 22.6 Å². The maximum Gasteiger partial charge on any atom is 0.212 e. The molecule has 0 spiro atoms. The molecule has 0 unspecified atom stereocenters. The second-order valence-corrected chi connectivity index (χ2v) is 5.33. The molecule has 0 aliphatic rings. The van der Waals surface area contributed by atoms with Gasteiger partial charge in [0.2, 0.25) is 5.76 Å². The van der Waals surface area contributed by atoms with Gasteiger partial charge < -0.3 is 14.7 Å². The Hall–Kier alpha value is -1.91. The lowest BCUT2D eigenvalue weighted by atomic mass is 10.0. The highest BCUT2D eigenvalue weighted by atomic mass is 35.5. The first-order valence-electron chi connectivity index (χ1n) is 6.39. The van der Waals surface area contributed by atoms with Crippen molar-refractivity contribution in [3.05, 3.63) is 46.1 Å². The lowest BCUT2D eigenvalue weighted by Gasteiger charge is -2.03. The van der Waals surface area contributed by atoms with Gasteiger partial charge >= 0.3 is 0 Å². The van der Waals surface area contributed by atoms with E-state index < -0.39 is 0 Å². The van der Waals surface area contributed by atoms with E-state index in [1.54, 1.807) is 12.1 Å². The van der Waals surface area contributed by atoms with Gasteiger partial charge in [-0.05, 0) is 29.8 Å². The summed E-state index contributed by atoms with van der Waals surface area (Å²) in [5.41, 5.74) is 7.33. The first-order valence-corrected chi connectivity index (χ1v) is 7.15. The molecule has 1 aromatic carbocycles. The number of hydrogen-bond donors (Lipinski definition) is 1. The largest absolute Gasteiger partial charge is 0.458 e. The van der Waals surface area contributed by atoms with E-state index in [2.05, 4.69) is 5.16 Å². The molecule has 6 heteroatoms. The Morgan fingerprint density at radius 1 is 1.14 bits per heavy atom. The number of rotatable bonds is 3. The monoisotopic (exact) mass is 322 g/mol. The average molecular weight is 323 g/mol. The second kappa shape index (κ2) is 5.47. The molecule has 21 heavy (non-hydrogen) atoms. The molecule has 0 fully saturated rings. The second-order valence-electron chi connectivity index (χ2n) is 4.52. The molecular formula is C15H12Cl2N2O2. The summed E-state index contributed by atoms with van der Waals surface area (Å²) in [4.78, 5) is 0. The standard InChI is InChI=1S/C15H12Cl2N2O2/c1-2-9-4-6-12(20-9)14-13(15(18)19-21-14)8-3-5-10(16)11(17)7-8/h3-7H,2H2,1H3,(H2,18,19). The van der Waals surface area contributed by atoms with Crippen LogP contribution in [-0.2, 0) is 6.42 Å². The highest BCUT2D eigenvalue weighted by molar-refractivity contribution is 6.42. The van der Waals surface area contributed by atoms with E-state index in [0.717, 1.165) is 17.7 Å². The first kappa shape index (κ1) is 14.0. The van der Waals surface area contributed by atoms with Crippen molar-refractivity contribution >= 4 is 29.0 Å². The van der Waals surface area contributed by atoms with Gasteiger partial charge in [-0.15, -0.1) is 0 Å². The molecule has 2 heterocycles. The maximum atomic E-state index is 6.06. The Balaban J connectivity index is 2.14. The van der Waals surface area contributed by atoms with E-state index in [1.165, 1.54) is 0 Å². The summed E-state index contributed by atoms with van der Waals surface area (Å²) in [7, 11) is 0. The molecule has 0 atom stereocenters. The topological polar surface area (TPSA) is 65.2 Å². The van der Waals surface area contributed by atoms with Gasteiger partial charge in [-0.3, -0.25) is 0 Å². The minimum Gasteiger partial charge on any atom is -0.458 e. The lowest BCUT2D eigenvalue weighted by Crippen LogP contribution is -1.88. The normalized spacial score (nSPS) is 11.0. The van der Waals surface area contributed by atoms with Gasteiger partial charge in [-0.25, -0.2) is 0 Å². The summed E-state index contributed by atoms with van der Waals surface area (Å²) in [5, 5.41) is 4.74. The van der Waals surface area contributed by atoms with Crippen LogP contribution in [0.5, 0.6) is 0 Å². The summed E-state index contributed by atoms with van der Waals surface area (Å²) < 4.78 is 11.0. The zero-order valence-corrected chi connectivity index (χ0v) is 12.7. The van der Waals surface area contributed by atoms with Crippen LogP contribution in [0.2, 0.25) is 10.0 Å². The third-order valence-electron chi connectivity index (χ3n) is 3.16. The minimum atomic E-state index is 0.276. The minimum absolute atomic E-state index is 0.276. The number of halogens is 2. The number of benzene rings is 1. The molecule has 3 aromatic rings. The summed E-state index contributed by atoms with van der Waals surface area (Å²) in [6.07, 6.45) is 0.797. The van der Waals surface area contributed by atoms with Crippen molar-refractivity contribution < 1.29 is 8.94 Å². The Bertz CT molecular complexity index is 793. The van der Waals surface area contributed by atoms with Crippen molar-refractivity contribution in [1.29, 1.82) is 0 Å². The zero-order chi connectivity index (χ0) is 15.0. The van der Waals surface area contributed by atoms with Gasteiger partial charge in [0, 0.05) is 6.42 Å². The highest BCUT2D eigenvalue weighted by Crippen LogP contribution is 2.39. The van der Waals surface area contributed by atoms with Crippen molar-refractivity contribution in [2.75, 3.05) is 5.73 Å². The zero-order valence-electron chi connectivity index (χ0n) is 11.2. The molecular weight excluding hydrogens is 311 g/mol. The molecule has 2 N–H and O–H groups in total. The fourth-order valence-electron chi connectivity index (χ4n) is 2.09. The fraction of sp³-hybridized carbons (Fsp3) is 0.133. The predicted octanol–water partition coefficient (Wildman–Crippen LogP) is 5.05. The number of aromatic nitrogens is 1. The third-order valence-corrected chi connectivity index (χ3v) is 3.90. The summed E-state index contributed by atoms with van der Waals surface area (Å²) in [6, 6.07) is 8.96. The van der Waals surface area contributed by atoms with Gasteiger partial charge in [0.15, 0.2) is 11.6 Å². The molecule has 0 saturated carbocycles. The van der Waals surface area contributed by atoms with Crippen molar-refractivity contribution in [3.63, 3.8) is 0 Å². The molecule has 0 aliphatic heterocycles. The van der Waals surface area contributed by atoms with Crippen LogP contribution in [0.1, 0.15) is 12.7 Å². The number of anilines is 1. The SMILES string of the molecule is CCc1ccc(-c2onc(N)c2-c2ccc(Cl)c(Cl)c2)o1. The average Bonchev–Trinajstić information content (AvgIpc) is 3.08. The van der Waals surface area contributed by atoms with Gasteiger partial charge in [0.05, 0.1) is 15.6 Å². The molecule has 3 rings (SSSR count). The molecule has 0 amide bonds. The van der Waals surface area contributed by atoms with Crippen LogP contribution in [0.25, 0.3) is 22.6 Å². The van der Waals surface area contributed by atoms with Crippen LogP contribution in [-0.4, -0.2) is 5.16 Å². The Kier molecular flexibility index (Phi) is 3.66. The van der Waals surface area contributed by atoms with E-state index in [-0.39, 0.29) is 5.82 Å². The van der Waals surface area contributed by atoms with Crippen LogP contribution in [0.3, 0.4) is 0 Å². The number of nitrogens with two attached hydrogens (primary N) is 1. The Morgan fingerprint density at radius 3 is 2.62 bits per heavy atom. The Morgan fingerprint density at radius 2 is 1.95 bits per heavy atom. The number of nitrogen functional groups attached to an aromatic ring is 1. The van der Waals surface area contributed by atoms with E-state index in [1.807, 2.05) is 25.1 Å². The summed E-state index contributed by atoms with van der Waals surface area (Å²) in [5.74, 6) is 2.20. The van der Waals surface area contributed by atoms with E-state index in [4.69, 9.17) is 37.9 Å². The van der Waals surface area contributed by atoms with Crippen LogP contribution >= 0.6 is 23.2 Å². The molecule has 2 aromatic heterocycles.